The van der Waals surface area contributed by atoms with Crippen molar-refractivity contribution < 1.29 is 0 Å². The molecule has 0 bridgehead atoms. The number of rotatable bonds is 0. The van der Waals surface area contributed by atoms with Gasteiger partial charge < -0.3 is 0 Å². The average Bonchev–Trinajstić information content (AvgIpc) is 3.11. The SMILES string of the molecule is CC.CC.CC(C)C.CC(C)C.c1ccccc1.c1ccsc1. The molecule has 0 unspecified atom stereocenters. The van der Waals surface area contributed by atoms with Gasteiger partial charge in [0.25, 0.3) is 0 Å². The van der Waals surface area contributed by atoms with Gasteiger partial charge in [0.05, 0.1) is 0 Å². The summed E-state index contributed by atoms with van der Waals surface area (Å²) in [7, 11) is 0. The van der Waals surface area contributed by atoms with Gasteiger partial charge in [-0.05, 0) is 22.6 Å². The lowest BCUT2D eigenvalue weighted by atomic mass is 10.3. The predicted molar refractivity (Wildman–Crippen MR) is 114 cm³/mol. The van der Waals surface area contributed by atoms with Gasteiger partial charge in [-0.15, -0.1) is 0 Å². The molecular formula is C22H42S. The minimum Gasteiger partial charge on any atom is -0.152 e. The van der Waals surface area contributed by atoms with Crippen LogP contribution in [0, 0.1) is 11.8 Å². The molecule has 0 atom stereocenters. The molecule has 23 heavy (non-hydrogen) atoms. The Bertz CT molecular complexity index is 254. The van der Waals surface area contributed by atoms with Crippen molar-refractivity contribution in [2.75, 3.05) is 0 Å². The number of hydrogen-bond acceptors (Lipinski definition) is 1. The van der Waals surface area contributed by atoms with Gasteiger partial charge in [-0.3, -0.25) is 0 Å². The zero-order chi connectivity index (χ0) is 18.9. The lowest BCUT2D eigenvalue weighted by Gasteiger charge is -1.79. The van der Waals surface area contributed by atoms with Crippen LogP contribution in [0.3, 0.4) is 0 Å². The third kappa shape index (κ3) is 76.1. The largest absolute Gasteiger partial charge is 0.152 e. The molecule has 0 radical (unpaired) electrons. The summed E-state index contributed by atoms with van der Waals surface area (Å²) in [6.45, 7) is 21.0. The topological polar surface area (TPSA) is 0 Å². The summed E-state index contributed by atoms with van der Waals surface area (Å²) < 4.78 is 0. The minimum absolute atomic E-state index is 0.833. The van der Waals surface area contributed by atoms with Crippen LogP contribution in [0.5, 0.6) is 0 Å². The van der Waals surface area contributed by atoms with E-state index in [0.717, 1.165) is 11.8 Å². The number of benzene rings is 1. The van der Waals surface area contributed by atoms with Crippen LogP contribution in [-0.4, -0.2) is 0 Å². The van der Waals surface area contributed by atoms with Crippen molar-refractivity contribution >= 4 is 11.3 Å². The molecule has 2 rings (SSSR count). The van der Waals surface area contributed by atoms with Gasteiger partial charge in [0.15, 0.2) is 0 Å². The first-order valence-corrected chi connectivity index (χ1v) is 9.88. The van der Waals surface area contributed by atoms with E-state index in [1.165, 1.54) is 0 Å². The maximum atomic E-state index is 2.17. The molecule has 0 amide bonds. The Hall–Kier alpha value is -1.08. The molecule has 0 saturated carbocycles. The average molecular weight is 339 g/mol. The molecule has 0 aliphatic carbocycles. The highest BCUT2D eigenvalue weighted by Crippen LogP contribution is 1.91. The highest BCUT2D eigenvalue weighted by Gasteiger charge is 1.68. The van der Waals surface area contributed by atoms with Gasteiger partial charge >= 0.3 is 0 Å². The standard InChI is InChI=1S/C6H6.C4H4S.2C4H10.2C2H6/c1-2-4-6-5-3-1;1-2-4-5-3-1;2*1-4(2)3;2*1-2/h1-6H;1-4H;2*4H,1-3H3;2*1-2H3. The molecule has 136 valence electrons. The molecule has 1 heterocycles. The second-order valence-corrected chi connectivity index (χ2v) is 6.23. The first-order valence-electron chi connectivity index (χ1n) is 8.94. The van der Waals surface area contributed by atoms with Crippen molar-refractivity contribution in [1.29, 1.82) is 0 Å². The van der Waals surface area contributed by atoms with Crippen LogP contribution in [0.15, 0.2) is 59.3 Å². The second kappa shape index (κ2) is 32.8. The fourth-order valence-electron chi connectivity index (χ4n) is 0.612. The molecule has 0 N–H and O–H groups in total. The van der Waals surface area contributed by atoms with Crippen LogP contribution >= 0.6 is 11.3 Å². The van der Waals surface area contributed by atoms with E-state index < -0.39 is 0 Å². The summed E-state index contributed by atoms with van der Waals surface area (Å²) in [5, 5.41) is 4.08. The quantitative estimate of drug-likeness (QED) is 0.450. The summed E-state index contributed by atoms with van der Waals surface area (Å²) >= 11 is 1.71. The normalized spacial score (nSPS) is 7.48. The van der Waals surface area contributed by atoms with Crippen molar-refractivity contribution in [1.82, 2.24) is 0 Å². The Morgan fingerprint density at radius 3 is 0.696 bits per heavy atom. The monoisotopic (exact) mass is 338 g/mol. The Morgan fingerprint density at radius 1 is 0.435 bits per heavy atom. The molecule has 0 fully saturated rings. The van der Waals surface area contributed by atoms with Gasteiger partial charge in [-0.1, -0.05) is 118 Å². The van der Waals surface area contributed by atoms with E-state index in [4.69, 9.17) is 0 Å². The molecular weight excluding hydrogens is 296 g/mol. The summed E-state index contributed by atoms with van der Waals surface area (Å²) in [4.78, 5) is 0. The first-order chi connectivity index (χ1) is 11.0. The molecule has 0 saturated heterocycles. The maximum absolute atomic E-state index is 2.17. The Kier molecular flexibility index (Phi) is 42.5. The van der Waals surface area contributed by atoms with Crippen LogP contribution in [-0.2, 0) is 0 Å². The van der Waals surface area contributed by atoms with Crippen LogP contribution in [0.25, 0.3) is 0 Å². The van der Waals surface area contributed by atoms with E-state index in [1.807, 2.05) is 87.0 Å². The van der Waals surface area contributed by atoms with E-state index in [2.05, 4.69) is 41.5 Å². The van der Waals surface area contributed by atoms with Crippen LogP contribution in [0.4, 0.5) is 0 Å². The zero-order valence-corrected chi connectivity index (χ0v) is 18.2. The van der Waals surface area contributed by atoms with Gasteiger partial charge in [-0.2, -0.15) is 11.3 Å². The Labute approximate surface area is 152 Å². The van der Waals surface area contributed by atoms with Gasteiger partial charge in [0.1, 0.15) is 0 Å². The van der Waals surface area contributed by atoms with E-state index in [9.17, 15) is 0 Å². The summed E-state index contributed by atoms with van der Waals surface area (Å²) in [6.07, 6.45) is 0. The summed E-state index contributed by atoms with van der Waals surface area (Å²) in [5.74, 6) is 1.67. The van der Waals surface area contributed by atoms with E-state index >= 15 is 0 Å². The summed E-state index contributed by atoms with van der Waals surface area (Å²) in [6, 6.07) is 16.0. The van der Waals surface area contributed by atoms with Crippen LogP contribution in [0.2, 0.25) is 0 Å². The highest BCUT2D eigenvalue weighted by atomic mass is 32.1. The minimum atomic E-state index is 0.833. The second-order valence-electron chi connectivity index (χ2n) is 5.41. The fourth-order valence-corrected chi connectivity index (χ4v) is 1.07. The summed E-state index contributed by atoms with van der Waals surface area (Å²) in [5.41, 5.74) is 0. The van der Waals surface area contributed by atoms with Crippen molar-refractivity contribution in [3.05, 3.63) is 59.3 Å². The molecule has 0 aliphatic heterocycles. The third-order valence-corrected chi connectivity index (χ3v) is 1.72. The van der Waals surface area contributed by atoms with Gasteiger partial charge in [-0.25, -0.2) is 0 Å². The Morgan fingerprint density at radius 2 is 0.609 bits per heavy atom. The molecule has 1 aromatic carbocycles. The fraction of sp³-hybridized carbons (Fsp3) is 0.545. The molecule has 1 aromatic heterocycles. The van der Waals surface area contributed by atoms with E-state index in [-0.39, 0.29) is 0 Å². The van der Waals surface area contributed by atoms with Crippen molar-refractivity contribution in [2.24, 2.45) is 11.8 Å². The smallest absolute Gasteiger partial charge is 0.00934 e. The van der Waals surface area contributed by atoms with Gasteiger partial charge in [0.2, 0.25) is 0 Å². The molecule has 0 spiro atoms. The maximum Gasteiger partial charge on any atom is -0.00934 e. The van der Waals surface area contributed by atoms with Crippen molar-refractivity contribution in [3.8, 4) is 0 Å². The molecule has 0 aliphatic rings. The first kappa shape index (κ1) is 29.9. The third-order valence-electron chi connectivity index (χ3n) is 1.09. The lowest BCUT2D eigenvalue weighted by Crippen LogP contribution is -1.66. The lowest BCUT2D eigenvalue weighted by molar-refractivity contribution is 0.736. The number of thiophene rings is 1. The highest BCUT2D eigenvalue weighted by molar-refractivity contribution is 7.07. The van der Waals surface area contributed by atoms with Crippen LogP contribution in [0.1, 0.15) is 69.2 Å². The molecule has 1 heteroatoms. The number of hydrogen-bond donors (Lipinski definition) is 0. The predicted octanol–water partition coefficient (Wildman–Crippen LogP) is 8.81. The van der Waals surface area contributed by atoms with Crippen LogP contribution < -0.4 is 0 Å². The van der Waals surface area contributed by atoms with E-state index in [0.29, 0.717) is 0 Å². The van der Waals surface area contributed by atoms with Gasteiger partial charge in [0, 0.05) is 0 Å². The Balaban J connectivity index is -0.0000000990. The molecule has 0 nitrogen and oxygen atoms in total. The van der Waals surface area contributed by atoms with Crippen molar-refractivity contribution in [3.63, 3.8) is 0 Å². The molecule has 2 aromatic rings. The van der Waals surface area contributed by atoms with E-state index in [1.54, 1.807) is 11.3 Å². The zero-order valence-electron chi connectivity index (χ0n) is 17.3. The van der Waals surface area contributed by atoms with Crippen molar-refractivity contribution in [2.45, 2.75) is 69.2 Å².